The molecule has 8 heteroatoms. The average Bonchev–Trinajstić information content (AvgIpc) is 1.59. The number of aromatic nitrogens is 6. The van der Waals surface area contributed by atoms with Crippen molar-refractivity contribution in [3.05, 3.63) is 364 Å². The number of pyridine rings is 1. The predicted octanol–water partition coefficient (Wildman–Crippen LogP) is 15.3. The maximum atomic E-state index is 5.85. The molecule has 18 rings (SSSR count). The van der Waals surface area contributed by atoms with E-state index in [-0.39, 0.29) is 0 Å². The number of hydrogen-bond donors (Lipinski definition) is 0. The van der Waals surface area contributed by atoms with Gasteiger partial charge in [-0.05, 0) is 101 Å². The Morgan fingerprint density at radius 1 is 0.253 bits per heavy atom. The van der Waals surface area contributed by atoms with Gasteiger partial charge in [0.15, 0.2) is 16.1 Å². The molecule has 0 N–H and O–H groups in total. The molecule has 95 heavy (non-hydrogen) atoms. The summed E-state index contributed by atoms with van der Waals surface area (Å²) in [4.78, 5) is 16.8. The second-order valence-corrected chi connectivity index (χ2v) is 32.2. The van der Waals surface area contributed by atoms with Gasteiger partial charge in [0, 0.05) is 55.8 Å². The van der Waals surface area contributed by atoms with Gasteiger partial charge in [-0.3, -0.25) is 9.13 Å². The summed E-state index contributed by atoms with van der Waals surface area (Å²) in [5.74, 6) is 1.27. The van der Waals surface area contributed by atoms with Crippen LogP contribution >= 0.6 is 0 Å². The first-order valence-corrected chi connectivity index (χ1v) is 36.5. The molecule has 0 atom stereocenters. The van der Waals surface area contributed by atoms with Crippen molar-refractivity contribution in [2.24, 2.45) is 0 Å². The zero-order valence-corrected chi connectivity index (χ0v) is 53.8. The molecule has 6 nitrogen and oxygen atoms in total. The molecule has 0 radical (unpaired) electrons. The zero-order chi connectivity index (χ0) is 62.9. The highest BCUT2D eigenvalue weighted by molar-refractivity contribution is 7.20. The maximum absolute atomic E-state index is 5.85. The normalized spacial score (nSPS) is 12.0. The second-order valence-electron chi connectivity index (χ2n) is 24.6. The lowest BCUT2D eigenvalue weighted by Crippen LogP contribution is -2.74. The van der Waals surface area contributed by atoms with Crippen LogP contribution < -0.4 is 41.5 Å². The van der Waals surface area contributed by atoms with Crippen LogP contribution in [-0.4, -0.2) is 44.8 Å². The lowest BCUT2D eigenvalue weighted by molar-refractivity contribution is 0.944. The van der Waals surface area contributed by atoms with Gasteiger partial charge in [-0.1, -0.05) is 303 Å². The quantitative estimate of drug-likeness (QED) is 0.0854. The number of nitrogens with zero attached hydrogens (tertiary/aromatic N) is 6. The van der Waals surface area contributed by atoms with Crippen molar-refractivity contribution in [3.63, 3.8) is 0 Å². The lowest BCUT2D eigenvalue weighted by Gasteiger charge is -2.35. The van der Waals surface area contributed by atoms with Crippen molar-refractivity contribution >= 4 is 123 Å². The third-order valence-electron chi connectivity index (χ3n) is 19.6. The van der Waals surface area contributed by atoms with Crippen molar-refractivity contribution < 1.29 is 0 Å². The van der Waals surface area contributed by atoms with Gasteiger partial charge >= 0.3 is 0 Å². The molecule has 446 valence electrons. The maximum Gasteiger partial charge on any atom is 0.238 e. The topological polar surface area (TPSA) is 53.5 Å². The molecule has 5 heterocycles. The second kappa shape index (κ2) is 22.9. The smallest absolute Gasteiger partial charge is 0.238 e. The fraction of sp³-hybridized carbons (Fsp3) is 0. The van der Waals surface area contributed by atoms with E-state index in [1.165, 1.54) is 52.6 Å². The van der Waals surface area contributed by atoms with Crippen LogP contribution in [0.2, 0.25) is 0 Å². The van der Waals surface area contributed by atoms with Crippen LogP contribution in [0.4, 0.5) is 0 Å². The van der Waals surface area contributed by atoms with Crippen molar-refractivity contribution in [1.82, 2.24) is 28.7 Å². The van der Waals surface area contributed by atoms with Gasteiger partial charge in [0.1, 0.15) is 11.5 Å². The monoisotopic (exact) mass is 1240 g/mol. The van der Waals surface area contributed by atoms with Crippen molar-refractivity contribution in [3.8, 4) is 39.8 Å². The van der Waals surface area contributed by atoms with Crippen LogP contribution in [0.3, 0.4) is 0 Å². The number of para-hydroxylation sites is 3. The van der Waals surface area contributed by atoms with Gasteiger partial charge in [0.05, 0.1) is 33.3 Å². The van der Waals surface area contributed by atoms with E-state index in [4.69, 9.17) is 15.0 Å². The first kappa shape index (κ1) is 55.7. The Morgan fingerprint density at radius 3 is 1.25 bits per heavy atom. The Morgan fingerprint density at radius 2 is 0.674 bits per heavy atom. The third kappa shape index (κ3) is 8.87. The minimum atomic E-state index is -3.12. The molecule has 0 fully saturated rings. The highest BCUT2D eigenvalue weighted by Gasteiger charge is 2.43. The minimum absolute atomic E-state index is 0.526. The zero-order valence-electron chi connectivity index (χ0n) is 51.8. The molecule has 0 unspecified atom stereocenters. The van der Waals surface area contributed by atoms with E-state index < -0.39 is 16.1 Å². The van der Waals surface area contributed by atoms with E-state index in [2.05, 4.69) is 366 Å². The lowest BCUT2D eigenvalue weighted by atomic mass is 10.1. The molecule has 0 bridgehead atoms. The average molecular weight is 1250 g/mol. The SMILES string of the molecule is c1ccc(-c2cccc([Si](c3ccccc3)(c3ccccc3)c3cccc(-c4cc(-n5c6ccccc6c6ccc7c(c8ccccc8n7-c7cccc([Si](c8ccccc8)(c8ccccc8)c8ccccc8)c7)c65)nc(-n5c6ccccc6c6cccnc65)n4)c3)c2)cc1. The Hall–Kier alpha value is -12.1. The van der Waals surface area contributed by atoms with Gasteiger partial charge in [-0.15, -0.1) is 0 Å². The van der Waals surface area contributed by atoms with E-state index in [1.807, 2.05) is 12.3 Å². The molecule has 0 saturated heterocycles. The summed E-state index contributed by atoms with van der Waals surface area (Å²) in [5, 5.41) is 17.1. The minimum Gasteiger partial charge on any atom is -0.309 e. The van der Waals surface area contributed by atoms with E-state index in [0.29, 0.717) is 5.95 Å². The Bertz CT molecular complexity index is 5720. The van der Waals surface area contributed by atoms with E-state index in [0.717, 1.165) is 88.3 Å². The molecule has 18 aromatic rings. The van der Waals surface area contributed by atoms with Crippen LogP contribution in [0.15, 0.2) is 364 Å². The summed E-state index contributed by atoms with van der Waals surface area (Å²) in [6, 6.07) is 132. The Kier molecular flexibility index (Phi) is 13.5. The first-order valence-electron chi connectivity index (χ1n) is 32.5. The standard InChI is InChI=1S/C87H60N6Si2/c1-7-29-61(30-8-1)62-31-25-44-70(57-62)95(68-40-15-5-16-41-68,69-42-17-6-18-43-69)71-45-26-32-63(58-71)78-60-83(90-87(89-78)93-80-52-23-20-48-74(80)76-50-28-56-88-86(76)93)92-79-51-22-19-47-73(79)75-54-55-82-84(85(75)92)77-49-21-24-53-81(77)91(82)64-33-27-46-72(59-64)94(65-34-9-2-10-35-65,66-36-11-3-12-37-66)67-38-13-4-14-39-67/h1-60H. The Labute approximate surface area is 552 Å². The molecule has 0 aliphatic carbocycles. The number of rotatable bonds is 13. The highest BCUT2D eigenvalue weighted by Crippen LogP contribution is 2.43. The van der Waals surface area contributed by atoms with Crippen molar-refractivity contribution in [2.45, 2.75) is 0 Å². The van der Waals surface area contributed by atoms with Crippen LogP contribution in [-0.2, 0) is 0 Å². The number of benzene rings is 13. The van der Waals surface area contributed by atoms with Gasteiger partial charge in [0.2, 0.25) is 5.95 Å². The third-order valence-corrected chi connectivity index (χ3v) is 29.1. The summed E-state index contributed by atoms with van der Waals surface area (Å²) in [5.41, 5.74) is 11.3. The van der Waals surface area contributed by atoms with Crippen LogP contribution in [0.25, 0.3) is 105 Å². The largest absolute Gasteiger partial charge is 0.309 e. The predicted molar refractivity (Wildman–Crippen MR) is 401 cm³/mol. The number of hydrogen-bond acceptors (Lipinski definition) is 3. The summed E-state index contributed by atoms with van der Waals surface area (Å²) in [6.45, 7) is 0. The molecule has 5 aromatic heterocycles. The van der Waals surface area contributed by atoms with E-state index in [9.17, 15) is 0 Å². The summed E-state index contributed by atoms with van der Waals surface area (Å²) in [7, 11) is -6.03. The molecule has 0 aliphatic rings. The summed E-state index contributed by atoms with van der Waals surface area (Å²) < 4.78 is 7.07. The number of fused-ring (bicyclic) bond motifs is 10. The van der Waals surface area contributed by atoms with Crippen LogP contribution in [0.1, 0.15) is 0 Å². The van der Waals surface area contributed by atoms with Crippen molar-refractivity contribution in [2.75, 3.05) is 0 Å². The highest BCUT2D eigenvalue weighted by atomic mass is 28.3. The van der Waals surface area contributed by atoms with Crippen LogP contribution in [0, 0.1) is 0 Å². The van der Waals surface area contributed by atoms with E-state index in [1.54, 1.807) is 0 Å². The summed E-state index contributed by atoms with van der Waals surface area (Å²) >= 11 is 0. The molecular formula is C87H60N6Si2. The van der Waals surface area contributed by atoms with Gasteiger partial charge in [0.25, 0.3) is 0 Å². The molecule has 0 aliphatic heterocycles. The molecule has 0 spiro atoms. The fourth-order valence-electron chi connectivity index (χ4n) is 15.6. The van der Waals surface area contributed by atoms with Gasteiger partial charge < -0.3 is 4.57 Å². The molecule has 0 amide bonds. The van der Waals surface area contributed by atoms with Gasteiger partial charge in [-0.25, -0.2) is 9.97 Å². The Balaban J connectivity index is 0.910. The fourth-order valence-corrected chi connectivity index (χ4v) is 25.2. The molecule has 13 aromatic carbocycles. The summed E-state index contributed by atoms with van der Waals surface area (Å²) in [6.07, 6.45) is 1.87. The van der Waals surface area contributed by atoms with Gasteiger partial charge in [-0.2, -0.15) is 4.98 Å². The molecular weight excluding hydrogens is 1190 g/mol. The van der Waals surface area contributed by atoms with Crippen LogP contribution in [0.5, 0.6) is 0 Å². The molecule has 0 saturated carbocycles. The van der Waals surface area contributed by atoms with E-state index >= 15 is 0 Å². The van der Waals surface area contributed by atoms with Crippen molar-refractivity contribution in [1.29, 1.82) is 0 Å². The first-order chi connectivity index (χ1) is 47.1.